The summed E-state index contributed by atoms with van der Waals surface area (Å²) in [5, 5.41) is 0.632. The van der Waals surface area contributed by atoms with Gasteiger partial charge in [-0.05, 0) is 56.3 Å². The number of fused-ring (bicyclic) bond motifs is 1. The van der Waals surface area contributed by atoms with Crippen molar-refractivity contribution in [1.29, 1.82) is 0 Å². The van der Waals surface area contributed by atoms with Crippen molar-refractivity contribution in [2.75, 3.05) is 11.5 Å². The molecule has 0 aliphatic carbocycles. The average molecular weight is 388 g/mol. The molecule has 0 N–H and O–H groups in total. The zero-order valence-electron chi connectivity index (χ0n) is 15.6. The molecule has 0 fully saturated rings. The second-order valence-electron chi connectivity index (χ2n) is 6.53. The minimum atomic E-state index is -0.390. The Labute approximate surface area is 163 Å². The van der Waals surface area contributed by atoms with Gasteiger partial charge in [-0.1, -0.05) is 11.6 Å². The number of carbonyl (C=O) groups is 2. The van der Waals surface area contributed by atoms with Gasteiger partial charge < -0.3 is 14.4 Å². The third kappa shape index (κ3) is 4.08. The van der Waals surface area contributed by atoms with E-state index in [1.165, 1.54) is 0 Å². The van der Waals surface area contributed by atoms with Crippen molar-refractivity contribution in [2.24, 2.45) is 0 Å². The molecule has 142 valence electrons. The summed E-state index contributed by atoms with van der Waals surface area (Å²) in [5.41, 5.74) is 2.00. The van der Waals surface area contributed by atoms with E-state index in [2.05, 4.69) is 0 Å². The first-order valence-electron chi connectivity index (χ1n) is 8.93. The average Bonchev–Trinajstić information content (AvgIpc) is 2.63. The maximum absolute atomic E-state index is 12.2. The van der Waals surface area contributed by atoms with E-state index in [-0.39, 0.29) is 18.1 Å². The SMILES string of the molecule is CCOC(=O)c1ccc2c(c1)C(Oc1ccc(Cl)cc1)CC(C)N2C(C)=O. The summed E-state index contributed by atoms with van der Waals surface area (Å²) in [4.78, 5) is 26.1. The Morgan fingerprint density at radius 3 is 2.52 bits per heavy atom. The molecule has 2 aromatic carbocycles. The van der Waals surface area contributed by atoms with E-state index in [0.29, 0.717) is 29.4 Å². The third-order valence-corrected chi connectivity index (χ3v) is 4.82. The van der Waals surface area contributed by atoms with Gasteiger partial charge in [0, 0.05) is 30.0 Å². The van der Waals surface area contributed by atoms with Gasteiger partial charge in [-0.25, -0.2) is 4.79 Å². The molecule has 0 saturated carbocycles. The summed E-state index contributed by atoms with van der Waals surface area (Å²) in [7, 11) is 0. The van der Waals surface area contributed by atoms with Crippen LogP contribution < -0.4 is 9.64 Å². The minimum Gasteiger partial charge on any atom is -0.486 e. The third-order valence-electron chi connectivity index (χ3n) is 4.57. The lowest BCUT2D eigenvalue weighted by Gasteiger charge is -2.39. The molecular weight excluding hydrogens is 366 g/mol. The number of nitrogens with zero attached hydrogens (tertiary/aromatic N) is 1. The Balaban J connectivity index is 2.01. The van der Waals surface area contributed by atoms with E-state index in [1.54, 1.807) is 61.2 Å². The molecule has 0 bridgehead atoms. The van der Waals surface area contributed by atoms with Crippen molar-refractivity contribution >= 4 is 29.2 Å². The van der Waals surface area contributed by atoms with Crippen molar-refractivity contribution < 1.29 is 19.1 Å². The number of benzene rings is 2. The van der Waals surface area contributed by atoms with Crippen LogP contribution in [0, 0.1) is 0 Å². The highest BCUT2D eigenvalue weighted by atomic mass is 35.5. The molecule has 0 spiro atoms. The van der Waals surface area contributed by atoms with Gasteiger partial charge in [0.1, 0.15) is 11.9 Å². The molecule has 0 saturated heterocycles. The van der Waals surface area contributed by atoms with Crippen LogP contribution in [-0.4, -0.2) is 24.5 Å². The van der Waals surface area contributed by atoms with Crippen LogP contribution in [0.25, 0.3) is 0 Å². The Morgan fingerprint density at radius 1 is 1.19 bits per heavy atom. The van der Waals surface area contributed by atoms with Gasteiger partial charge >= 0.3 is 5.97 Å². The molecule has 2 aromatic rings. The molecule has 1 aliphatic heterocycles. The second-order valence-corrected chi connectivity index (χ2v) is 6.96. The number of esters is 1. The number of ether oxygens (including phenoxy) is 2. The minimum absolute atomic E-state index is 0.0271. The number of carbonyl (C=O) groups excluding carboxylic acids is 2. The summed E-state index contributed by atoms with van der Waals surface area (Å²) in [6, 6.07) is 12.3. The number of amides is 1. The van der Waals surface area contributed by atoms with Crippen molar-refractivity contribution in [3.8, 4) is 5.75 Å². The first-order valence-corrected chi connectivity index (χ1v) is 9.31. The standard InChI is InChI=1S/C21H22ClNO4/c1-4-26-21(25)15-5-10-19-18(12-15)20(11-13(2)23(19)14(3)24)27-17-8-6-16(22)7-9-17/h5-10,12-13,20H,4,11H2,1-3H3. The van der Waals surface area contributed by atoms with E-state index < -0.39 is 5.97 Å². The molecule has 1 amide bonds. The Bertz CT molecular complexity index is 850. The molecule has 2 atom stereocenters. The summed E-state index contributed by atoms with van der Waals surface area (Å²) < 4.78 is 11.3. The van der Waals surface area contributed by atoms with Gasteiger partial charge in [0.15, 0.2) is 0 Å². The normalized spacial score (nSPS) is 18.6. The topological polar surface area (TPSA) is 55.8 Å². The predicted molar refractivity (Wildman–Crippen MR) is 104 cm³/mol. The van der Waals surface area contributed by atoms with Crippen molar-refractivity contribution in [3.05, 3.63) is 58.6 Å². The molecule has 1 heterocycles. The molecule has 1 aliphatic rings. The van der Waals surface area contributed by atoms with Gasteiger partial charge in [-0.3, -0.25) is 4.79 Å². The summed E-state index contributed by atoms with van der Waals surface area (Å²) in [5.74, 6) is 0.247. The lowest BCUT2D eigenvalue weighted by Crippen LogP contribution is -2.43. The van der Waals surface area contributed by atoms with Crippen LogP contribution >= 0.6 is 11.6 Å². The van der Waals surface area contributed by atoms with E-state index in [4.69, 9.17) is 21.1 Å². The lowest BCUT2D eigenvalue weighted by atomic mass is 9.92. The van der Waals surface area contributed by atoms with Crippen LogP contribution in [0.2, 0.25) is 5.02 Å². The molecule has 6 heteroatoms. The predicted octanol–water partition coefficient (Wildman–Crippen LogP) is 4.78. The molecular formula is C21H22ClNO4. The van der Waals surface area contributed by atoms with Crippen LogP contribution in [0.5, 0.6) is 5.75 Å². The van der Waals surface area contributed by atoms with E-state index in [1.807, 2.05) is 6.92 Å². The molecule has 2 unspecified atom stereocenters. The fraction of sp³-hybridized carbons (Fsp3) is 0.333. The fourth-order valence-corrected chi connectivity index (χ4v) is 3.55. The number of halogens is 1. The smallest absolute Gasteiger partial charge is 0.338 e. The molecule has 0 aromatic heterocycles. The van der Waals surface area contributed by atoms with Gasteiger partial charge in [0.2, 0.25) is 5.91 Å². The van der Waals surface area contributed by atoms with Crippen molar-refractivity contribution in [1.82, 2.24) is 0 Å². The van der Waals surface area contributed by atoms with E-state index in [0.717, 1.165) is 11.3 Å². The highest BCUT2D eigenvalue weighted by Crippen LogP contribution is 2.40. The largest absolute Gasteiger partial charge is 0.486 e. The second kappa shape index (κ2) is 8.01. The highest BCUT2D eigenvalue weighted by Gasteiger charge is 2.34. The summed E-state index contributed by atoms with van der Waals surface area (Å²) >= 11 is 5.95. The van der Waals surface area contributed by atoms with Crippen molar-refractivity contribution in [3.63, 3.8) is 0 Å². The number of hydrogen-bond acceptors (Lipinski definition) is 4. The van der Waals surface area contributed by atoms with Crippen LogP contribution in [0.15, 0.2) is 42.5 Å². The van der Waals surface area contributed by atoms with Gasteiger partial charge in [0.05, 0.1) is 17.9 Å². The monoisotopic (exact) mass is 387 g/mol. The van der Waals surface area contributed by atoms with Crippen LogP contribution in [0.1, 0.15) is 49.2 Å². The number of rotatable bonds is 4. The summed E-state index contributed by atoms with van der Waals surface area (Å²) in [6.07, 6.45) is 0.322. The zero-order chi connectivity index (χ0) is 19.6. The number of hydrogen-bond donors (Lipinski definition) is 0. The summed E-state index contributed by atoms with van der Waals surface area (Å²) in [6.45, 7) is 5.60. The molecule has 27 heavy (non-hydrogen) atoms. The van der Waals surface area contributed by atoms with Crippen LogP contribution in [-0.2, 0) is 9.53 Å². The van der Waals surface area contributed by atoms with Gasteiger partial charge in [0.25, 0.3) is 0 Å². The Hall–Kier alpha value is -2.53. The first-order chi connectivity index (χ1) is 12.9. The molecule has 0 radical (unpaired) electrons. The molecule has 3 rings (SSSR count). The van der Waals surface area contributed by atoms with Gasteiger partial charge in [-0.15, -0.1) is 0 Å². The Kier molecular flexibility index (Phi) is 5.71. The van der Waals surface area contributed by atoms with E-state index >= 15 is 0 Å². The highest BCUT2D eigenvalue weighted by molar-refractivity contribution is 6.30. The maximum Gasteiger partial charge on any atom is 0.338 e. The lowest BCUT2D eigenvalue weighted by molar-refractivity contribution is -0.117. The first kappa shape index (κ1) is 19.2. The van der Waals surface area contributed by atoms with E-state index in [9.17, 15) is 9.59 Å². The van der Waals surface area contributed by atoms with Crippen molar-refractivity contribution in [2.45, 2.75) is 39.3 Å². The fourth-order valence-electron chi connectivity index (χ4n) is 3.42. The quantitative estimate of drug-likeness (QED) is 0.708. The van der Waals surface area contributed by atoms with Crippen LogP contribution in [0.3, 0.4) is 0 Å². The van der Waals surface area contributed by atoms with Crippen LogP contribution in [0.4, 0.5) is 5.69 Å². The maximum atomic E-state index is 12.2. The van der Waals surface area contributed by atoms with Gasteiger partial charge in [-0.2, -0.15) is 0 Å². The zero-order valence-corrected chi connectivity index (χ0v) is 16.3. The number of anilines is 1. The molecule has 5 nitrogen and oxygen atoms in total. The Morgan fingerprint density at radius 2 is 1.89 bits per heavy atom.